The molecule has 0 saturated carbocycles. The molecule has 0 radical (unpaired) electrons. The molecule has 0 unspecified atom stereocenters. The van der Waals surface area contributed by atoms with Gasteiger partial charge in [-0.25, -0.2) is 9.97 Å². The molecule has 0 atom stereocenters. The Morgan fingerprint density at radius 1 is 0.963 bits per heavy atom. The standard InChI is InChI=1S/C21H16N4O2/c1-14-23-19-18(8-5-13-22-19)21(27)25(14)17-11-9-16(10-12-17)24-20(26)15-6-3-2-4-7-15/h2-13H,1H3,(H,24,26). The summed E-state index contributed by atoms with van der Waals surface area (Å²) in [5.74, 6) is 0.363. The summed E-state index contributed by atoms with van der Waals surface area (Å²) < 4.78 is 1.53. The highest BCUT2D eigenvalue weighted by Gasteiger charge is 2.11. The van der Waals surface area contributed by atoms with Gasteiger partial charge in [-0.3, -0.25) is 14.2 Å². The third-order valence-corrected chi connectivity index (χ3v) is 4.23. The fourth-order valence-corrected chi connectivity index (χ4v) is 2.91. The van der Waals surface area contributed by atoms with E-state index in [1.807, 2.05) is 18.2 Å². The molecule has 1 N–H and O–H groups in total. The van der Waals surface area contributed by atoms with Crippen LogP contribution in [0.5, 0.6) is 0 Å². The quantitative estimate of drug-likeness (QED) is 0.611. The number of carbonyl (C=O) groups excluding carboxylic acids is 1. The van der Waals surface area contributed by atoms with E-state index in [1.54, 1.807) is 61.7 Å². The van der Waals surface area contributed by atoms with Gasteiger partial charge in [0.2, 0.25) is 0 Å². The zero-order valence-corrected chi connectivity index (χ0v) is 14.6. The summed E-state index contributed by atoms with van der Waals surface area (Å²) >= 11 is 0. The van der Waals surface area contributed by atoms with Crippen LogP contribution < -0.4 is 10.9 Å². The van der Waals surface area contributed by atoms with Gasteiger partial charge in [-0.05, 0) is 55.5 Å². The molecule has 2 aromatic heterocycles. The van der Waals surface area contributed by atoms with Crippen molar-refractivity contribution >= 4 is 22.6 Å². The Hall–Kier alpha value is -3.80. The zero-order valence-electron chi connectivity index (χ0n) is 14.6. The SMILES string of the molecule is Cc1nc2ncccc2c(=O)n1-c1ccc(NC(=O)c2ccccc2)cc1. The van der Waals surface area contributed by atoms with Crippen LogP contribution in [0.15, 0.2) is 77.7 Å². The fraction of sp³-hybridized carbons (Fsp3) is 0.0476. The molecule has 0 aliphatic rings. The number of fused-ring (bicyclic) bond motifs is 1. The highest BCUT2D eigenvalue weighted by atomic mass is 16.1. The first-order valence-electron chi connectivity index (χ1n) is 8.45. The van der Waals surface area contributed by atoms with Crippen LogP contribution >= 0.6 is 0 Å². The number of nitrogens with zero attached hydrogens (tertiary/aromatic N) is 3. The van der Waals surface area contributed by atoms with Gasteiger partial charge in [0, 0.05) is 17.4 Å². The van der Waals surface area contributed by atoms with Crippen LogP contribution in [-0.2, 0) is 0 Å². The summed E-state index contributed by atoms with van der Waals surface area (Å²) in [6, 6.07) is 19.5. The largest absolute Gasteiger partial charge is 0.322 e. The number of carbonyl (C=O) groups is 1. The highest BCUT2D eigenvalue weighted by Crippen LogP contribution is 2.15. The van der Waals surface area contributed by atoms with Crippen LogP contribution in [0, 0.1) is 6.92 Å². The maximum atomic E-state index is 12.8. The minimum absolute atomic E-state index is 0.174. The summed E-state index contributed by atoms with van der Waals surface area (Å²) in [5.41, 5.74) is 2.16. The first kappa shape index (κ1) is 16.7. The normalized spacial score (nSPS) is 10.7. The van der Waals surface area contributed by atoms with Crippen molar-refractivity contribution in [1.29, 1.82) is 0 Å². The second-order valence-corrected chi connectivity index (χ2v) is 6.04. The minimum Gasteiger partial charge on any atom is -0.322 e. The summed E-state index contributed by atoms with van der Waals surface area (Å²) in [5, 5.41) is 3.31. The minimum atomic E-state index is -0.185. The van der Waals surface area contributed by atoms with Gasteiger partial charge in [-0.15, -0.1) is 0 Å². The molecule has 4 aromatic rings. The molecule has 0 aliphatic heterocycles. The van der Waals surface area contributed by atoms with Gasteiger partial charge >= 0.3 is 0 Å². The molecule has 0 saturated heterocycles. The maximum Gasteiger partial charge on any atom is 0.267 e. The van der Waals surface area contributed by atoms with E-state index in [-0.39, 0.29) is 11.5 Å². The van der Waals surface area contributed by atoms with Gasteiger partial charge in [0.05, 0.1) is 11.1 Å². The average Bonchev–Trinajstić information content (AvgIpc) is 2.70. The molecular weight excluding hydrogens is 340 g/mol. The van der Waals surface area contributed by atoms with Crippen molar-refractivity contribution in [3.63, 3.8) is 0 Å². The van der Waals surface area contributed by atoms with E-state index >= 15 is 0 Å². The first-order chi connectivity index (χ1) is 13.1. The van der Waals surface area contributed by atoms with E-state index in [4.69, 9.17) is 0 Å². The van der Waals surface area contributed by atoms with Crippen molar-refractivity contribution < 1.29 is 4.79 Å². The third-order valence-electron chi connectivity index (χ3n) is 4.23. The lowest BCUT2D eigenvalue weighted by molar-refractivity contribution is 0.102. The topological polar surface area (TPSA) is 76.9 Å². The molecule has 1 amide bonds. The van der Waals surface area contributed by atoms with Gasteiger partial charge < -0.3 is 5.32 Å². The van der Waals surface area contributed by atoms with Gasteiger partial charge in [-0.2, -0.15) is 0 Å². The van der Waals surface area contributed by atoms with Gasteiger partial charge in [0.1, 0.15) is 5.82 Å². The molecule has 2 heterocycles. The molecule has 6 nitrogen and oxygen atoms in total. The summed E-state index contributed by atoms with van der Waals surface area (Å²) in [4.78, 5) is 33.6. The lowest BCUT2D eigenvalue weighted by Gasteiger charge is -2.11. The Morgan fingerprint density at radius 3 is 2.44 bits per heavy atom. The lowest BCUT2D eigenvalue weighted by Crippen LogP contribution is -2.22. The average molecular weight is 356 g/mol. The number of amides is 1. The maximum absolute atomic E-state index is 12.8. The molecule has 6 heteroatoms. The molecule has 0 bridgehead atoms. The Labute approximate surface area is 155 Å². The zero-order chi connectivity index (χ0) is 18.8. The molecule has 2 aromatic carbocycles. The Balaban J connectivity index is 1.66. The highest BCUT2D eigenvalue weighted by molar-refractivity contribution is 6.04. The molecule has 132 valence electrons. The molecule has 0 fully saturated rings. The second kappa shape index (κ2) is 6.84. The van der Waals surface area contributed by atoms with Crippen LogP contribution in [0.25, 0.3) is 16.7 Å². The number of rotatable bonds is 3. The van der Waals surface area contributed by atoms with Crippen molar-refractivity contribution in [2.45, 2.75) is 6.92 Å². The molecule has 4 rings (SSSR count). The van der Waals surface area contributed by atoms with E-state index in [1.165, 1.54) is 4.57 Å². The van der Waals surface area contributed by atoms with Crippen molar-refractivity contribution in [2.75, 3.05) is 5.32 Å². The molecule has 0 spiro atoms. The number of benzene rings is 2. The number of aromatic nitrogens is 3. The van der Waals surface area contributed by atoms with Gasteiger partial charge in [0.25, 0.3) is 11.5 Å². The van der Waals surface area contributed by atoms with E-state index in [0.29, 0.717) is 33.8 Å². The van der Waals surface area contributed by atoms with Crippen LogP contribution in [0.2, 0.25) is 0 Å². The molecule has 0 aliphatic carbocycles. The molecular formula is C21H16N4O2. The van der Waals surface area contributed by atoms with Crippen molar-refractivity contribution in [2.24, 2.45) is 0 Å². The predicted molar refractivity (Wildman–Crippen MR) is 104 cm³/mol. The lowest BCUT2D eigenvalue weighted by atomic mass is 10.2. The summed E-state index contributed by atoms with van der Waals surface area (Å²) in [6.07, 6.45) is 1.61. The number of pyridine rings is 1. The predicted octanol–water partition coefficient (Wildman–Crippen LogP) is 3.34. The third kappa shape index (κ3) is 3.20. The van der Waals surface area contributed by atoms with Crippen molar-refractivity contribution in [3.8, 4) is 5.69 Å². The van der Waals surface area contributed by atoms with E-state index in [9.17, 15) is 9.59 Å². The van der Waals surface area contributed by atoms with Crippen molar-refractivity contribution in [1.82, 2.24) is 14.5 Å². The van der Waals surface area contributed by atoms with E-state index in [2.05, 4.69) is 15.3 Å². The van der Waals surface area contributed by atoms with Gasteiger partial charge in [-0.1, -0.05) is 18.2 Å². The summed E-state index contributed by atoms with van der Waals surface area (Å²) in [7, 11) is 0. The van der Waals surface area contributed by atoms with Gasteiger partial charge in [0.15, 0.2) is 5.65 Å². The fourth-order valence-electron chi connectivity index (χ4n) is 2.91. The van der Waals surface area contributed by atoms with E-state index < -0.39 is 0 Å². The summed E-state index contributed by atoms with van der Waals surface area (Å²) in [6.45, 7) is 1.76. The van der Waals surface area contributed by atoms with Crippen molar-refractivity contribution in [3.05, 3.63) is 94.7 Å². The first-order valence-corrected chi connectivity index (χ1v) is 8.45. The monoisotopic (exact) mass is 356 g/mol. The van der Waals surface area contributed by atoms with Crippen LogP contribution in [0.3, 0.4) is 0 Å². The smallest absolute Gasteiger partial charge is 0.267 e. The second-order valence-electron chi connectivity index (χ2n) is 6.04. The Kier molecular flexibility index (Phi) is 4.22. The number of nitrogens with one attached hydrogen (secondary N) is 1. The van der Waals surface area contributed by atoms with E-state index in [0.717, 1.165) is 0 Å². The van der Waals surface area contributed by atoms with Crippen LogP contribution in [-0.4, -0.2) is 20.4 Å². The number of hydrogen-bond donors (Lipinski definition) is 1. The number of anilines is 1. The van der Waals surface area contributed by atoms with Crippen LogP contribution in [0.1, 0.15) is 16.2 Å². The Bertz CT molecular complexity index is 1180. The number of hydrogen-bond acceptors (Lipinski definition) is 4. The van der Waals surface area contributed by atoms with Crippen LogP contribution in [0.4, 0.5) is 5.69 Å². The Morgan fingerprint density at radius 2 is 1.70 bits per heavy atom. The number of aryl methyl sites for hydroxylation is 1. The molecule has 27 heavy (non-hydrogen) atoms.